The standard InChI is InChI=1S/C11H16O/c1-8(2)7-10-6-4-5-9(3)11(10)12/h4-6,8,12H,7H2,1-3H3. The van der Waals surface area contributed by atoms with Crippen molar-refractivity contribution in [2.24, 2.45) is 5.92 Å². The van der Waals surface area contributed by atoms with Gasteiger partial charge in [-0.2, -0.15) is 0 Å². The van der Waals surface area contributed by atoms with Crippen molar-refractivity contribution < 1.29 is 5.11 Å². The lowest BCUT2D eigenvalue weighted by molar-refractivity contribution is 0.458. The van der Waals surface area contributed by atoms with Crippen molar-refractivity contribution in [1.29, 1.82) is 0 Å². The van der Waals surface area contributed by atoms with Crippen molar-refractivity contribution >= 4 is 0 Å². The van der Waals surface area contributed by atoms with E-state index in [2.05, 4.69) is 13.8 Å². The molecular formula is C11H16O. The van der Waals surface area contributed by atoms with Crippen LogP contribution in [0.5, 0.6) is 5.75 Å². The van der Waals surface area contributed by atoms with E-state index in [4.69, 9.17) is 0 Å². The maximum Gasteiger partial charge on any atom is 0.121 e. The van der Waals surface area contributed by atoms with Gasteiger partial charge >= 0.3 is 0 Å². The molecule has 0 aliphatic carbocycles. The molecule has 0 fully saturated rings. The van der Waals surface area contributed by atoms with Gasteiger partial charge in [0, 0.05) is 0 Å². The summed E-state index contributed by atoms with van der Waals surface area (Å²) in [6, 6.07) is 5.91. The summed E-state index contributed by atoms with van der Waals surface area (Å²) < 4.78 is 0. The highest BCUT2D eigenvalue weighted by Crippen LogP contribution is 2.23. The number of para-hydroxylation sites is 1. The average molecular weight is 164 g/mol. The van der Waals surface area contributed by atoms with Crippen LogP contribution in [-0.4, -0.2) is 5.11 Å². The van der Waals surface area contributed by atoms with E-state index in [1.54, 1.807) is 0 Å². The van der Waals surface area contributed by atoms with Gasteiger partial charge < -0.3 is 5.11 Å². The van der Waals surface area contributed by atoms with Crippen LogP contribution in [0.25, 0.3) is 0 Å². The van der Waals surface area contributed by atoms with Crippen LogP contribution in [0.2, 0.25) is 0 Å². The molecule has 0 bridgehead atoms. The Bertz CT molecular complexity index is 264. The van der Waals surface area contributed by atoms with Crippen LogP contribution >= 0.6 is 0 Å². The Hall–Kier alpha value is -0.980. The van der Waals surface area contributed by atoms with Gasteiger partial charge in [-0.1, -0.05) is 32.0 Å². The fourth-order valence-corrected chi connectivity index (χ4v) is 1.32. The summed E-state index contributed by atoms with van der Waals surface area (Å²) in [4.78, 5) is 0. The fourth-order valence-electron chi connectivity index (χ4n) is 1.32. The highest BCUT2D eigenvalue weighted by Gasteiger charge is 2.04. The van der Waals surface area contributed by atoms with E-state index < -0.39 is 0 Å². The van der Waals surface area contributed by atoms with Gasteiger partial charge in [-0.25, -0.2) is 0 Å². The Morgan fingerprint density at radius 1 is 1.33 bits per heavy atom. The van der Waals surface area contributed by atoms with Gasteiger partial charge in [0.1, 0.15) is 5.75 Å². The van der Waals surface area contributed by atoms with Gasteiger partial charge in [0.05, 0.1) is 0 Å². The molecule has 1 aromatic carbocycles. The molecule has 0 saturated heterocycles. The van der Waals surface area contributed by atoms with Gasteiger partial charge in [-0.3, -0.25) is 0 Å². The minimum absolute atomic E-state index is 0.464. The third-order valence-corrected chi connectivity index (χ3v) is 1.95. The average Bonchev–Trinajstić information content (AvgIpc) is 1.98. The maximum absolute atomic E-state index is 9.65. The third kappa shape index (κ3) is 2.00. The van der Waals surface area contributed by atoms with E-state index in [0.29, 0.717) is 11.7 Å². The maximum atomic E-state index is 9.65. The van der Waals surface area contributed by atoms with E-state index in [0.717, 1.165) is 17.5 Å². The number of benzene rings is 1. The number of aryl methyl sites for hydroxylation is 1. The van der Waals surface area contributed by atoms with Crippen molar-refractivity contribution in [3.8, 4) is 5.75 Å². The molecule has 12 heavy (non-hydrogen) atoms. The molecule has 0 amide bonds. The van der Waals surface area contributed by atoms with Gasteiger partial charge in [0.2, 0.25) is 0 Å². The summed E-state index contributed by atoms with van der Waals surface area (Å²) in [5, 5.41) is 9.65. The molecule has 0 radical (unpaired) electrons. The monoisotopic (exact) mass is 164 g/mol. The topological polar surface area (TPSA) is 20.2 Å². The number of hydrogen-bond donors (Lipinski definition) is 1. The largest absolute Gasteiger partial charge is 0.507 e. The third-order valence-electron chi connectivity index (χ3n) is 1.95. The van der Waals surface area contributed by atoms with Crippen LogP contribution in [0.1, 0.15) is 25.0 Å². The van der Waals surface area contributed by atoms with E-state index in [1.807, 2.05) is 25.1 Å². The highest BCUT2D eigenvalue weighted by atomic mass is 16.3. The van der Waals surface area contributed by atoms with Crippen LogP contribution in [-0.2, 0) is 6.42 Å². The van der Waals surface area contributed by atoms with Crippen molar-refractivity contribution in [2.75, 3.05) is 0 Å². The van der Waals surface area contributed by atoms with Gasteiger partial charge in [-0.15, -0.1) is 0 Å². The minimum atomic E-state index is 0.464. The number of hydrogen-bond acceptors (Lipinski definition) is 1. The van der Waals surface area contributed by atoms with Gasteiger partial charge in [-0.05, 0) is 30.4 Å². The zero-order valence-corrected chi connectivity index (χ0v) is 7.96. The van der Waals surface area contributed by atoms with Gasteiger partial charge in [0.25, 0.3) is 0 Å². The highest BCUT2D eigenvalue weighted by molar-refractivity contribution is 5.39. The molecule has 0 saturated carbocycles. The van der Waals surface area contributed by atoms with Crippen molar-refractivity contribution in [2.45, 2.75) is 27.2 Å². The SMILES string of the molecule is Cc1cccc(CC(C)C)c1O. The first-order chi connectivity index (χ1) is 5.61. The molecule has 0 spiro atoms. The molecule has 0 heterocycles. The molecule has 0 unspecified atom stereocenters. The Kier molecular flexibility index (Phi) is 2.74. The smallest absolute Gasteiger partial charge is 0.121 e. The van der Waals surface area contributed by atoms with Crippen molar-refractivity contribution in [1.82, 2.24) is 0 Å². The fraction of sp³-hybridized carbons (Fsp3) is 0.455. The molecule has 1 rings (SSSR count). The van der Waals surface area contributed by atoms with Gasteiger partial charge in [0.15, 0.2) is 0 Å². The molecule has 1 heteroatoms. The summed E-state index contributed by atoms with van der Waals surface area (Å²) >= 11 is 0. The van der Waals surface area contributed by atoms with Crippen LogP contribution in [0.3, 0.4) is 0 Å². The van der Waals surface area contributed by atoms with E-state index in [9.17, 15) is 5.11 Å². The zero-order chi connectivity index (χ0) is 9.14. The normalized spacial score (nSPS) is 10.7. The summed E-state index contributed by atoms with van der Waals surface area (Å²) in [5.41, 5.74) is 2.03. The first-order valence-corrected chi connectivity index (χ1v) is 4.38. The number of rotatable bonds is 2. The molecular weight excluding hydrogens is 148 g/mol. The lowest BCUT2D eigenvalue weighted by Crippen LogP contribution is -1.94. The quantitative estimate of drug-likeness (QED) is 0.712. The minimum Gasteiger partial charge on any atom is -0.507 e. The molecule has 0 aromatic heterocycles. The van der Waals surface area contributed by atoms with E-state index in [1.165, 1.54) is 0 Å². The Morgan fingerprint density at radius 2 is 2.00 bits per heavy atom. The lowest BCUT2D eigenvalue weighted by Gasteiger charge is -2.08. The second-order valence-corrected chi connectivity index (χ2v) is 3.68. The Balaban J connectivity index is 2.92. The summed E-state index contributed by atoms with van der Waals surface area (Å²) in [6.45, 7) is 6.24. The second kappa shape index (κ2) is 3.61. The molecule has 1 aromatic rings. The Labute approximate surface area is 74.1 Å². The first kappa shape index (κ1) is 9.11. The van der Waals surface area contributed by atoms with Crippen LogP contribution in [0, 0.1) is 12.8 Å². The van der Waals surface area contributed by atoms with Crippen LogP contribution < -0.4 is 0 Å². The van der Waals surface area contributed by atoms with E-state index >= 15 is 0 Å². The molecule has 1 N–H and O–H groups in total. The number of phenols is 1. The molecule has 1 nitrogen and oxygen atoms in total. The summed E-state index contributed by atoms with van der Waals surface area (Å²) in [7, 11) is 0. The number of aromatic hydroxyl groups is 1. The molecule has 0 aliphatic rings. The zero-order valence-electron chi connectivity index (χ0n) is 7.96. The Morgan fingerprint density at radius 3 is 2.58 bits per heavy atom. The molecule has 0 atom stereocenters. The van der Waals surface area contributed by atoms with Crippen LogP contribution in [0.4, 0.5) is 0 Å². The number of phenolic OH excluding ortho intramolecular Hbond substituents is 1. The van der Waals surface area contributed by atoms with Crippen LogP contribution in [0.15, 0.2) is 18.2 Å². The molecule has 0 aliphatic heterocycles. The lowest BCUT2D eigenvalue weighted by atomic mass is 10.0. The molecule has 66 valence electrons. The summed E-state index contributed by atoms with van der Waals surface area (Å²) in [5.74, 6) is 1.06. The first-order valence-electron chi connectivity index (χ1n) is 4.38. The van der Waals surface area contributed by atoms with Crippen molar-refractivity contribution in [3.63, 3.8) is 0 Å². The summed E-state index contributed by atoms with van der Waals surface area (Å²) in [6.07, 6.45) is 0.952. The second-order valence-electron chi connectivity index (χ2n) is 3.68. The van der Waals surface area contributed by atoms with E-state index in [-0.39, 0.29) is 0 Å². The predicted octanol–water partition coefficient (Wildman–Crippen LogP) is 2.90. The van der Waals surface area contributed by atoms with Crippen molar-refractivity contribution in [3.05, 3.63) is 29.3 Å². The predicted molar refractivity (Wildman–Crippen MR) is 51.4 cm³/mol.